The zero-order chi connectivity index (χ0) is 13.3. The van der Waals surface area contributed by atoms with Crippen molar-refractivity contribution in [3.8, 4) is 0 Å². The third-order valence-electron chi connectivity index (χ3n) is 3.76. The maximum absolute atomic E-state index is 11.8. The molecule has 0 bridgehead atoms. The number of carbonyl (C=O) groups is 1. The van der Waals surface area contributed by atoms with Crippen LogP contribution in [0.1, 0.15) is 26.7 Å². The van der Waals surface area contributed by atoms with Gasteiger partial charge in [0.15, 0.2) is 5.78 Å². The van der Waals surface area contributed by atoms with Crippen LogP contribution in [0.2, 0.25) is 0 Å². The van der Waals surface area contributed by atoms with Crippen LogP contribution in [0.5, 0.6) is 0 Å². The second-order valence-corrected chi connectivity index (χ2v) is 5.38. The van der Waals surface area contributed by atoms with E-state index in [-0.39, 0.29) is 18.1 Å². The average Bonchev–Trinajstić information content (AvgIpc) is 2.27. The van der Waals surface area contributed by atoms with Crippen LogP contribution < -0.4 is 0 Å². The van der Waals surface area contributed by atoms with Gasteiger partial charge in [-0.2, -0.15) is 0 Å². The molecule has 1 fully saturated rings. The molecule has 1 aliphatic carbocycles. The minimum atomic E-state index is -0.814. The summed E-state index contributed by atoms with van der Waals surface area (Å²) in [6.45, 7) is 3.99. The number of aliphatic hydroxyl groups is 2. The molecule has 0 aromatic rings. The molecule has 100 valence electrons. The van der Waals surface area contributed by atoms with Crippen LogP contribution >= 0.6 is 0 Å². The number of rotatable bonds is 2. The van der Waals surface area contributed by atoms with Crippen molar-refractivity contribution in [3.63, 3.8) is 0 Å². The van der Waals surface area contributed by atoms with Gasteiger partial charge in [-0.15, -0.1) is 0 Å². The number of ketones is 1. The van der Waals surface area contributed by atoms with Gasteiger partial charge in [0, 0.05) is 18.4 Å². The predicted octanol–water partition coefficient (Wildman–Crippen LogP) is 1.18. The summed E-state index contributed by atoms with van der Waals surface area (Å²) in [5.74, 6) is -0.774. The Bertz CT molecular complexity index is 381. The Labute approximate surface area is 107 Å². The monoisotopic (exact) mass is 252 g/mol. The van der Waals surface area contributed by atoms with E-state index >= 15 is 0 Å². The van der Waals surface area contributed by atoms with Crippen LogP contribution in [0.15, 0.2) is 24.0 Å². The largest absolute Gasteiger partial charge is 0.497 e. The van der Waals surface area contributed by atoms with Crippen molar-refractivity contribution in [2.24, 2.45) is 11.8 Å². The smallest absolute Gasteiger partial charge is 0.168 e. The molecular weight excluding hydrogens is 232 g/mol. The van der Waals surface area contributed by atoms with E-state index < -0.39 is 24.2 Å². The Morgan fingerprint density at radius 1 is 1.44 bits per heavy atom. The minimum Gasteiger partial charge on any atom is -0.497 e. The predicted molar refractivity (Wildman–Crippen MR) is 66.7 cm³/mol. The van der Waals surface area contributed by atoms with Crippen molar-refractivity contribution in [1.82, 2.24) is 0 Å². The van der Waals surface area contributed by atoms with Gasteiger partial charge in [0.1, 0.15) is 6.10 Å². The summed E-state index contributed by atoms with van der Waals surface area (Å²) in [5.41, 5.74) is 1.17. The van der Waals surface area contributed by atoms with E-state index in [1.807, 2.05) is 19.9 Å². The van der Waals surface area contributed by atoms with Crippen molar-refractivity contribution in [2.75, 3.05) is 0 Å². The molecule has 1 saturated carbocycles. The fourth-order valence-electron chi connectivity index (χ4n) is 2.78. The van der Waals surface area contributed by atoms with Crippen molar-refractivity contribution in [1.29, 1.82) is 0 Å². The van der Waals surface area contributed by atoms with Crippen LogP contribution in [0, 0.1) is 11.8 Å². The molecule has 2 aliphatic rings. The first-order chi connectivity index (χ1) is 8.50. The highest BCUT2D eigenvalue weighted by Gasteiger charge is 2.48. The standard InChI is InChI=1S/C14H20O4/c1-8(2)3-4-9-11(16)7-12(17)13-10(15)5-6-18-14(9)13/h3,5-6,9,11-14,16-17H,4,7H2,1-2H3. The quantitative estimate of drug-likeness (QED) is 0.724. The molecule has 4 heteroatoms. The van der Waals surface area contributed by atoms with Crippen LogP contribution in [-0.4, -0.2) is 34.3 Å². The lowest BCUT2D eigenvalue weighted by Gasteiger charge is -2.43. The van der Waals surface area contributed by atoms with E-state index in [1.165, 1.54) is 17.9 Å². The number of hydrogen-bond donors (Lipinski definition) is 2. The van der Waals surface area contributed by atoms with Gasteiger partial charge in [-0.3, -0.25) is 4.79 Å². The second-order valence-electron chi connectivity index (χ2n) is 5.38. The normalized spacial score (nSPS) is 38.9. The molecule has 1 heterocycles. The first-order valence-corrected chi connectivity index (χ1v) is 6.36. The molecule has 0 saturated heterocycles. The molecule has 0 aromatic heterocycles. The van der Waals surface area contributed by atoms with Crippen LogP contribution in [-0.2, 0) is 9.53 Å². The maximum atomic E-state index is 11.8. The summed E-state index contributed by atoms with van der Waals surface area (Å²) in [6, 6.07) is 0. The highest BCUT2D eigenvalue weighted by molar-refractivity contribution is 5.93. The summed E-state index contributed by atoms with van der Waals surface area (Å²) in [6.07, 6.45) is 3.82. The van der Waals surface area contributed by atoms with E-state index in [1.54, 1.807) is 0 Å². The fourth-order valence-corrected chi connectivity index (χ4v) is 2.78. The minimum absolute atomic E-state index is 0.104. The lowest BCUT2D eigenvalue weighted by molar-refractivity contribution is -0.150. The molecule has 0 aromatic carbocycles. The average molecular weight is 252 g/mol. The van der Waals surface area contributed by atoms with Gasteiger partial charge in [-0.05, 0) is 20.3 Å². The van der Waals surface area contributed by atoms with Gasteiger partial charge in [-0.1, -0.05) is 11.6 Å². The first-order valence-electron chi connectivity index (χ1n) is 6.36. The number of carbonyl (C=O) groups excluding carboxylic acids is 1. The molecule has 0 spiro atoms. The summed E-state index contributed by atoms with van der Waals surface area (Å²) < 4.78 is 5.49. The van der Waals surface area contributed by atoms with E-state index in [2.05, 4.69) is 0 Å². The molecular formula is C14H20O4. The Balaban J connectivity index is 2.21. The topological polar surface area (TPSA) is 66.8 Å². The Hall–Kier alpha value is -1.13. The zero-order valence-electron chi connectivity index (χ0n) is 10.7. The van der Waals surface area contributed by atoms with Crippen molar-refractivity contribution in [2.45, 2.75) is 45.0 Å². The number of aliphatic hydroxyl groups excluding tert-OH is 2. The van der Waals surface area contributed by atoms with E-state index in [9.17, 15) is 15.0 Å². The van der Waals surface area contributed by atoms with E-state index in [4.69, 9.17) is 4.74 Å². The third kappa shape index (κ3) is 2.49. The summed E-state index contributed by atoms with van der Waals surface area (Å²) in [5, 5.41) is 20.0. The lowest BCUT2D eigenvalue weighted by Crippen LogP contribution is -2.53. The molecule has 0 radical (unpaired) electrons. The number of ether oxygens (including phenoxy) is 1. The highest BCUT2D eigenvalue weighted by atomic mass is 16.5. The van der Waals surface area contributed by atoms with E-state index in [0.29, 0.717) is 6.42 Å². The van der Waals surface area contributed by atoms with Gasteiger partial charge in [0.05, 0.1) is 24.4 Å². The second kappa shape index (κ2) is 5.24. The Kier molecular flexibility index (Phi) is 3.88. The Morgan fingerprint density at radius 2 is 2.17 bits per heavy atom. The molecule has 18 heavy (non-hydrogen) atoms. The zero-order valence-corrected chi connectivity index (χ0v) is 10.7. The summed E-state index contributed by atoms with van der Waals surface area (Å²) in [4.78, 5) is 11.8. The van der Waals surface area contributed by atoms with Crippen LogP contribution in [0.3, 0.4) is 0 Å². The first kappa shape index (κ1) is 13.3. The fraction of sp³-hybridized carbons (Fsp3) is 0.643. The summed E-state index contributed by atoms with van der Waals surface area (Å²) in [7, 11) is 0. The molecule has 2 rings (SSSR count). The lowest BCUT2D eigenvalue weighted by atomic mass is 9.71. The van der Waals surface area contributed by atoms with E-state index in [0.717, 1.165) is 0 Å². The van der Waals surface area contributed by atoms with Crippen molar-refractivity contribution in [3.05, 3.63) is 24.0 Å². The SMILES string of the molecule is CC(C)=CCC1C(O)CC(O)C2C(=O)C=COC12. The Morgan fingerprint density at radius 3 is 2.83 bits per heavy atom. The molecule has 5 unspecified atom stereocenters. The summed E-state index contributed by atoms with van der Waals surface area (Å²) >= 11 is 0. The molecule has 0 amide bonds. The highest BCUT2D eigenvalue weighted by Crippen LogP contribution is 2.37. The molecule has 1 aliphatic heterocycles. The van der Waals surface area contributed by atoms with Gasteiger partial charge in [0.2, 0.25) is 0 Å². The van der Waals surface area contributed by atoms with Gasteiger partial charge >= 0.3 is 0 Å². The van der Waals surface area contributed by atoms with Crippen molar-refractivity contribution < 1.29 is 19.7 Å². The number of hydrogen-bond acceptors (Lipinski definition) is 4. The third-order valence-corrected chi connectivity index (χ3v) is 3.76. The molecule has 4 nitrogen and oxygen atoms in total. The molecule has 5 atom stereocenters. The van der Waals surface area contributed by atoms with Gasteiger partial charge in [0.25, 0.3) is 0 Å². The number of fused-ring (bicyclic) bond motifs is 1. The maximum Gasteiger partial charge on any atom is 0.168 e. The van der Waals surface area contributed by atoms with Gasteiger partial charge in [-0.25, -0.2) is 0 Å². The van der Waals surface area contributed by atoms with Crippen LogP contribution in [0.25, 0.3) is 0 Å². The van der Waals surface area contributed by atoms with Gasteiger partial charge < -0.3 is 14.9 Å². The molecule has 2 N–H and O–H groups in total. The van der Waals surface area contributed by atoms with Crippen LogP contribution in [0.4, 0.5) is 0 Å². The number of allylic oxidation sites excluding steroid dienone is 3. The van der Waals surface area contributed by atoms with Crippen molar-refractivity contribution >= 4 is 5.78 Å².